The van der Waals surface area contributed by atoms with Crippen molar-refractivity contribution in [3.63, 3.8) is 0 Å². The predicted octanol–water partition coefficient (Wildman–Crippen LogP) is 3.88. The van der Waals surface area contributed by atoms with Crippen LogP contribution in [0.4, 0.5) is 0 Å². The second kappa shape index (κ2) is 5.94. The maximum Gasteiger partial charge on any atom is 0.138 e. The molecule has 0 fully saturated rings. The van der Waals surface area contributed by atoms with Gasteiger partial charge in [-0.15, -0.1) is 0 Å². The van der Waals surface area contributed by atoms with Crippen LogP contribution in [0.15, 0.2) is 40.9 Å². The Morgan fingerprint density at radius 2 is 1.80 bits per heavy atom. The summed E-state index contributed by atoms with van der Waals surface area (Å²) in [6.45, 7) is 6.67. The van der Waals surface area contributed by atoms with Crippen molar-refractivity contribution in [2.75, 3.05) is 0 Å². The lowest BCUT2D eigenvalue weighted by atomic mass is 9.94. The van der Waals surface area contributed by atoms with Crippen molar-refractivity contribution in [1.29, 1.82) is 0 Å². The van der Waals surface area contributed by atoms with Gasteiger partial charge in [-0.1, -0.05) is 28.1 Å². The van der Waals surface area contributed by atoms with Gasteiger partial charge in [0.05, 0.1) is 5.69 Å². The number of aromatic nitrogens is 1. The normalized spacial score (nSPS) is 11.6. The van der Waals surface area contributed by atoms with Gasteiger partial charge in [0.25, 0.3) is 0 Å². The number of rotatable bonds is 4. The number of hydrogen-bond acceptors (Lipinski definition) is 3. The van der Waals surface area contributed by atoms with Crippen LogP contribution >= 0.6 is 15.9 Å². The molecule has 106 valence electrons. The molecule has 1 aromatic carbocycles. The van der Waals surface area contributed by atoms with Crippen LogP contribution in [-0.2, 0) is 12.1 Å². The molecule has 0 aliphatic rings. The lowest BCUT2D eigenvalue weighted by Gasteiger charge is -2.27. The van der Waals surface area contributed by atoms with Crippen LogP contribution < -0.4 is 5.32 Å². The third kappa shape index (κ3) is 3.58. The number of nitrogens with one attached hydrogen (secondary N) is 1. The Bertz CT molecular complexity index is 594. The van der Waals surface area contributed by atoms with Gasteiger partial charge >= 0.3 is 0 Å². The van der Waals surface area contributed by atoms with Gasteiger partial charge in [-0.05, 0) is 50.6 Å². The first-order chi connectivity index (χ1) is 9.38. The summed E-state index contributed by atoms with van der Waals surface area (Å²) < 4.78 is 1.06. The maximum atomic E-state index is 9.83. The fraction of sp³-hybridized carbons (Fsp3) is 0.312. The first-order valence-corrected chi connectivity index (χ1v) is 7.34. The second-order valence-corrected chi connectivity index (χ2v) is 6.32. The van der Waals surface area contributed by atoms with Crippen molar-refractivity contribution in [2.45, 2.75) is 32.9 Å². The number of nitrogens with zero attached hydrogens (tertiary/aromatic N) is 1. The van der Waals surface area contributed by atoms with E-state index in [9.17, 15) is 5.11 Å². The molecule has 2 rings (SSSR count). The standard InChI is InChI=1S/C16H19BrN2O/c1-11-4-9-15(20)14(19-11)10-18-16(2,3)12-5-7-13(17)8-6-12/h4-9,18,20H,10H2,1-3H3. The number of pyridine rings is 1. The molecular weight excluding hydrogens is 316 g/mol. The Kier molecular flexibility index (Phi) is 4.45. The summed E-state index contributed by atoms with van der Waals surface area (Å²) in [6, 6.07) is 11.7. The molecule has 0 aliphatic carbocycles. The lowest BCUT2D eigenvalue weighted by molar-refractivity contribution is 0.388. The minimum absolute atomic E-state index is 0.196. The monoisotopic (exact) mass is 334 g/mol. The lowest BCUT2D eigenvalue weighted by Crippen LogP contribution is -2.36. The van der Waals surface area contributed by atoms with Crippen molar-refractivity contribution in [1.82, 2.24) is 10.3 Å². The van der Waals surface area contributed by atoms with Crippen LogP contribution in [0.5, 0.6) is 5.75 Å². The Balaban J connectivity index is 2.12. The number of halogens is 1. The van der Waals surface area contributed by atoms with Gasteiger partial charge in [-0.25, -0.2) is 0 Å². The van der Waals surface area contributed by atoms with Crippen LogP contribution in [0.2, 0.25) is 0 Å². The maximum absolute atomic E-state index is 9.83. The third-order valence-electron chi connectivity index (χ3n) is 3.35. The van der Waals surface area contributed by atoms with E-state index >= 15 is 0 Å². The zero-order valence-electron chi connectivity index (χ0n) is 11.9. The highest BCUT2D eigenvalue weighted by Crippen LogP contribution is 2.23. The van der Waals surface area contributed by atoms with Gasteiger partial charge in [-0.3, -0.25) is 4.98 Å². The molecule has 0 saturated heterocycles. The molecule has 1 heterocycles. The Hall–Kier alpha value is -1.39. The Morgan fingerprint density at radius 3 is 2.45 bits per heavy atom. The van der Waals surface area contributed by atoms with E-state index in [4.69, 9.17) is 0 Å². The number of aryl methyl sites for hydroxylation is 1. The average molecular weight is 335 g/mol. The van der Waals surface area contributed by atoms with Crippen molar-refractivity contribution in [3.05, 3.63) is 57.8 Å². The van der Waals surface area contributed by atoms with Crippen LogP contribution in [0, 0.1) is 6.92 Å². The van der Waals surface area contributed by atoms with E-state index in [2.05, 4.69) is 52.2 Å². The molecule has 0 radical (unpaired) electrons. The van der Waals surface area contributed by atoms with Crippen molar-refractivity contribution >= 4 is 15.9 Å². The number of hydrogen-bond donors (Lipinski definition) is 2. The molecule has 0 amide bonds. The van der Waals surface area contributed by atoms with Gasteiger partial charge in [-0.2, -0.15) is 0 Å². The third-order valence-corrected chi connectivity index (χ3v) is 3.88. The summed E-state index contributed by atoms with van der Waals surface area (Å²) in [7, 11) is 0. The number of benzene rings is 1. The summed E-state index contributed by atoms with van der Waals surface area (Å²) in [4.78, 5) is 4.36. The van der Waals surface area contributed by atoms with Gasteiger partial charge in [0, 0.05) is 22.3 Å². The van der Waals surface area contributed by atoms with E-state index in [1.807, 2.05) is 19.1 Å². The van der Waals surface area contributed by atoms with Gasteiger partial charge < -0.3 is 10.4 Å². The molecule has 1 aromatic heterocycles. The molecule has 3 nitrogen and oxygen atoms in total. The highest BCUT2D eigenvalue weighted by atomic mass is 79.9. The highest BCUT2D eigenvalue weighted by molar-refractivity contribution is 9.10. The first kappa shape index (κ1) is 15.0. The van der Waals surface area contributed by atoms with Crippen LogP contribution in [0.1, 0.15) is 30.8 Å². The fourth-order valence-electron chi connectivity index (χ4n) is 2.01. The fourth-order valence-corrected chi connectivity index (χ4v) is 2.27. The van der Waals surface area contributed by atoms with Crippen molar-refractivity contribution in [2.24, 2.45) is 0 Å². The van der Waals surface area contributed by atoms with E-state index in [-0.39, 0.29) is 11.3 Å². The highest BCUT2D eigenvalue weighted by Gasteiger charge is 2.20. The molecule has 2 aromatic rings. The zero-order chi connectivity index (χ0) is 14.8. The smallest absolute Gasteiger partial charge is 0.138 e. The van der Waals surface area contributed by atoms with Crippen molar-refractivity contribution in [3.8, 4) is 5.75 Å². The molecule has 0 spiro atoms. The molecule has 20 heavy (non-hydrogen) atoms. The van der Waals surface area contributed by atoms with Crippen LogP contribution in [-0.4, -0.2) is 10.1 Å². The van der Waals surface area contributed by atoms with E-state index < -0.39 is 0 Å². The minimum atomic E-state index is -0.196. The molecule has 0 bridgehead atoms. The Labute approximate surface area is 128 Å². The van der Waals surface area contributed by atoms with Crippen molar-refractivity contribution < 1.29 is 5.11 Å². The summed E-state index contributed by atoms with van der Waals surface area (Å²) in [5.41, 5.74) is 2.57. The average Bonchev–Trinajstić information content (AvgIpc) is 2.40. The molecule has 0 saturated carbocycles. The van der Waals surface area contributed by atoms with Crippen LogP contribution in [0.25, 0.3) is 0 Å². The van der Waals surface area contributed by atoms with E-state index in [0.29, 0.717) is 12.2 Å². The molecule has 0 atom stereocenters. The zero-order valence-corrected chi connectivity index (χ0v) is 13.5. The quantitative estimate of drug-likeness (QED) is 0.891. The molecule has 0 unspecified atom stereocenters. The first-order valence-electron chi connectivity index (χ1n) is 6.55. The van der Waals surface area contributed by atoms with E-state index in [1.54, 1.807) is 12.1 Å². The minimum Gasteiger partial charge on any atom is -0.506 e. The van der Waals surface area contributed by atoms with Gasteiger partial charge in [0.2, 0.25) is 0 Å². The van der Waals surface area contributed by atoms with Crippen LogP contribution in [0.3, 0.4) is 0 Å². The molecule has 2 N–H and O–H groups in total. The molecule has 4 heteroatoms. The summed E-state index contributed by atoms with van der Waals surface area (Å²) in [5, 5.41) is 13.3. The van der Waals surface area contributed by atoms with Gasteiger partial charge in [0.1, 0.15) is 5.75 Å². The molecule has 0 aliphatic heterocycles. The molecular formula is C16H19BrN2O. The second-order valence-electron chi connectivity index (χ2n) is 5.40. The summed E-state index contributed by atoms with van der Waals surface area (Å²) in [6.07, 6.45) is 0. The van der Waals surface area contributed by atoms with E-state index in [0.717, 1.165) is 10.2 Å². The van der Waals surface area contributed by atoms with Gasteiger partial charge in [0.15, 0.2) is 0 Å². The van der Waals surface area contributed by atoms with E-state index in [1.165, 1.54) is 5.56 Å². The Morgan fingerprint density at radius 1 is 1.15 bits per heavy atom. The largest absolute Gasteiger partial charge is 0.506 e. The SMILES string of the molecule is Cc1ccc(O)c(CNC(C)(C)c2ccc(Br)cc2)n1. The topological polar surface area (TPSA) is 45.1 Å². The summed E-state index contributed by atoms with van der Waals surface area (Å²) in [5.74, 6) is 0.231. The number of aromatic hydroxyl groups is 1. The summed E-state index contributed by atoms with van der Waals surface area (Å²) >= 11 is 3.44. The predicted molar refractivity (Wildman–Crippen MR) is 84.6 cm³/mol.